The zero-order chi connectivity index (χ0) is 16.5. The molecule has 0 heterocycles. The third-order valence-electron chi connectivity index (χ3n) is 2.61. The van der Waals surface area contributed by atoms with Crippen LogP contribution in [0.5, 0.6) is 5.75 Å². The molecule has 3 N–H and O–H groups in total. The maximum absolute atomic E-state index is 12.0. The van der Waals surface area contributed by atoms with Gasteiger partial charge in [0.2, 0.25) is 5.91 Å². The molecule has 1 rings (SSSR count). The smallest absolute Gasteiger partial charge is 0.305 e. The number of rotatable bonds is 7. The second-order valence-electron chi connectivity index (χ2n) is 4.41. The summed E-state index contributed by atoms with van der Waals surface area (Å²) in [4.78, 5) is 33.6. The summed E-state index contributed by atoms with van der Waals surface area (Å²) in [6.07, 6.45) is 1.30. The van der Waals surface area contributed by atoms with E-state index >= 15 is 0 Å². The minimum absolute atomic E-state index is 0.0201. The first kappa shape index (κ1) is 17.2. The highest BCUT2D eigenvalue weighted by Crippen LogP contribution is 2.13. The minimum Gasteiger partial charge on any atom is -0.497 e. The van der Waals surface area contributed by atoms with Crippen LogP contribution in [0.2, 0.25) is 0 Å². The molecule has 0 aromatic heterocycles. The lowest BCUT2D eigenvalue weighted by molar-refractivity contribution is -0.137. The number of methoxy groups -OCH3 is 1. The van der Waals surface area contributed by atoms with Gasteiger partial charge in [0.05, 0.1) is 13.5 Å². The first-order valence-electron chi connectivity index (χ1n) is 6.55. The SMILES string of the molecule is COc1ccc(C=C(NC(C)=O)C(=O)NCCC(=O)O)cc1. The van der Waals surface area contributed by atoms with Gasteiger partial charge in [0, 0.05) is 13.5 Å². The van der Waals surface area contributed by atoms with E-state index in [2.05, 4.69) is 10.6 Å². The molecule has 0 spiro atoms. The normalized spacial score (nSPS) is 10.7. The lowest BCUT2D eigenvalue weighted by atomic mass is 10.1. The molecule has 0 aliphatic carbocycles. The summed E-state index contributed by atoms with van der Waals surface area (Å²) in [5.41, 5.74) is 0.737. The van der Waals surface area contributed by atoms with Crippen molar-refractivity contribution in [3.63, 3.8) is 0 Å². The van der Waals surface area contributed by atoms with Crippen molar-refractivity contribution in [2.45, 2.75) is 13.3 Å². The summed E-state index contributed by atoms with van der Waals surface area (Å²) in [5, 5.41) is 13.4. The Morgan fingerprint density at radius 3 is 2.36 bits per heavy atom. The van der Waals surface area contributed by atoms with Crippen LogP contribution in [-0.4, -0.2) is 36.5 Å². The highest BCUT2D eigenvalue weighted by Gasteiger charge is 2.11. The van der Waals surface area contributed by atoms with Gasteiger partial charge in [-0.2, -0.15) is 0 Å². The molecule has 7 nitrogen and oxygen atoms in total. The Labute approximate surface area is 128 Å². The topological polar surface area (TPSA) is 105 Å². The van der Waals surface area contributed by atoms with E-state index in [4.69, 9.17) is 9.84 Å². The van der Waals surface area contributed by atoms with Gasteiger partial charge in [-0.15, -0.1) is 0 Å². The molecule has 0 fully saturated rings. The van der Waals surface area contributed by atoms with Gasteiger partial charge in [-0.3, -0.25) is 14.4 Å². The Bertz CT molecular complexity index is 578. The van der Waals surface area contributed by atoms with Crippen LogP contribution in [0, 0.1) is 0 Å². The number of carboxylic acid groups (broad SMARTS) is 1. The second-order valence-corrected chi connectivity index (χ2v) is 4.41. The molecule has 7 heteroatoms. The zero-order valence-corrected chi connectivity index (χ0v) is 12.4. The summed E-state index contributed by atoms with van der Waals surface area (Å²) in [6, 6.07) is 6.90. The molecule has 1 aromatic carbocycles. The van der Waals surface area contributed by atoms with Crippen molar-refractivity contribution < 1.29 is 24.2 Å². The molecular weight excluding hydrogens is 288 g/mol. The number of aliphatic carboxylic acids is 1. The van der Waals surface area contributed by atoms with Crippen molar-refractivity contribution in [3.05, 3.63) is 35.5 Å². The first-order valence-corrected chi connectivity index (χ1v) is 6.55. The monoisotopic (exact) mass is 306 g/mol. The quantitative estimate of drug-likeness (QED) is 0.645. The zero-order valence-electron chi connectivity index (χ0n) is 12.4. The fourth-order valence-corrected chi connectivity index (χ4v) is 1.59. The van der Waals surface area contributed by atoms with E-state index in [1.54, 1.807) is 31.4 Å². The van der Waals surface area contributed by atoms with E-state index in [0.717, 1.165) is 0 Å². The number of carbonyl (C=O) groups is 3. The molecule has 0 aliphatic heterocycles. The molecule has 2 amide bonds. The van der Waals surface area contributed by atoms with E-state index in [9.17, 15) is 14.4 Å². The molecule has 0 unspecified atom stereocenters. The van der Waals surface area contributed by atoms with Crippen molar-refractivity contribution >= 4 is 23.9 Å². The van der Waals surface area contributed by atoms with Crippen LogP contribution in [0.25, 0.3) is 6.08 Å². The largest absolute Gasteiger partial charge is 0.497 e. The molecule has 0 radical (unpaired) electrons. The predicted octanol–water partition coefficient (Wildman–Crippen LogP) is 0.763. The third-order valence-corrected chi connectivity index (χ3v) is 2.61. The Balaban J connectivity index is 2.85. The molecule has 22 heavy (non-hydrogen) atoms. The van der Waals surface area contributed by atoms with E-state index in [0.29, 0.717) is 11.3 Å². The minimum atomic E-state index is -1.01. The van der Waals surface area contributed by atoms with Gasteiger partial charge in [0.25, 0.3) is 5.91 Å². The van der Waals surface area contributed by atoms with Crippen LogP contribution in [0.4, 0.5) is 0 Å². The van der Waals surface area contributed by atoms with Crippen LogP contribution in [0.1, 0.15) is 18.9 Å². The van der Waals surface area contributed by atoms with Gasteiger partial charge >= 0.3 is 5.97 Å². The van der Waals surface area contributed by atoms with Crippen molar-refractivity contribution in [1.29, 1.82) is 0 Å². The fraction of sp³-hybridized carbons (Fsp3) is 0.267. The Morgan fingerprint density at radius 1 is 1.23 bits per heavy atom. The van der Waals surface area contributed by atoms with Gasteiger partial charge in [-0.05, 0) is 23.8 Å². The number of benzene rings is 1. The van der Waals surface area contributed by atoms with E-state index < -0.39 is 17.8 Å². The molecule has 0 aliphatic rings. The maximum atomic E-state index is 12.0. The standard InChI is InChI=1S/C15H18N2O5/c1-10(18)17-13(15(21)16-8-7-14(19)20)9-11-3-5-12(22-2)6-4-11/h3-6,9H,7-8H2,1-2H3,(H,16,21)(H,17,18)(H,19,20). The summed E-state index contributed by atoms with van der Waals surface area (Å²) in [5.74, 6) is -1.29. The van der Waals surface area contributed by atoms with Crippen LogP contribution < -0.4 is 15.4 Å². The number of amides is 2. The summed E-state index contributed by atoms with van der Waals surface area (Å²) < 4.78 is 5.04. The van der Waals surface area contributed by atoms with Crippen LogP contribution in [0.3, 0.4) is 0 Å². The average molecular weight is 306 g/mol. The first-order chi connectivity index (χ1) is 10.4. The molecule has 118 valence electrons. The van der Waals surface area contributed by atoms with E-state index in [1.165, 1.54) is 13.0 Å². The Morgan fingerprint density at radius 2 is 1.86 bits per heavy atom. The van der Waals surface area contributed by atoms with E-state index in [1.807, 2.05) is 0 Å². The second kappa shape index (κ2) is 8.46. The highest BCUT2D eigenvalue weighted by molar-refractivity contribution is 6.01. The van der Waals surface area contributed by atoms with Crippen molar-refractivity contribution in [2.75, 3.05) is 13.7 Å². The van der Waals surface area contributed by atoms with Crippen LogP contribution in [-0.2, 0) is 14.4 Å². The number of hydrogen-bond acceptors (Lipinski definition) is 4. The van der Waals surface area contributed by atoms with Crippen molar-refractivity contribution in [1.82, 2.24) is 10.6 Å². The van der Waals surface area contributed by atoms with Crippen molar-refractivity contribution in [2.24, 2.45) is 0 Å². The van der Waals surface area contributed by atoms with Gasteiger partial charge in [0.1, 0.15) is 11.4 Å². The van der Waals surface area contributed by atoms with Crippen molar-refractivity contribution in [3.8, 4) is 5.75 Å². The predicted molar refractivity (Wildman–Crippen MR) is 80.1 cm³/mol. The van der Waals surface area contributed by atoms with Crippen LogP contribution in [0.15, 0.2) is 30.0 Å². The van der Waals surface area contributed by atoms with E-state index in [-0.39, 0.29) is 18.7 Å². The van der Waals surface area contributed by atoms with Gasteiger partial charge < -0.3 is 20.5 Å². The number of carbonyl (C=O) groups excluding carboxylic acids is 2. The number of ether oxygens (including phenoxy) is 1. The molecule has 0 saturated heterocycles. The third kappa shape index (κ3) is 6.08. The average Bonchev–Trinajstić information content (AvgIpc) is 2.46. The Hall–Kier alpha value is -2.83. The molecular formula is C15H18N2O5. The molecule has 1 aromatic rings. The van der Waals surface area contributed by atoms with Gasteiger partial charge in [0.15, 0.2) is 0 Å². The highest BCUT2D eigenvalue weighted by atomic mass is 16.5. The number of carboxylic acids is 1. The molecule has 0 atom stereocenters. The van der Waals surface area contributed by atoms with Gasteiger partial charge in [-0.25, -0.2) is 0 Å². The van der Waals surface area contributed by atoms with Gasteiger partial charge in [-0.1, -0.05) is 12.1 Å². The maximum Gasteiger partial charge on any atom is 0.305 e. The number of hydrogen-bond donors (Lipinski definition) is 3. The summed E-state index contributed by atoms with van der Waals surface area (Å²) >= 11 is 0. The Kier molecular flexibility index (Phi) is 6.62. The lowest BCUT2D eigenvalue weighted by Gasteiger charge is -2.09. The number of nitrogens with one attached hydrogen (secondary N) is 2. The molecule has 0 bridgehead atoms. The lowest BCUT2D eigenvalue weighted by Crippen LogP contribution is -2.34. The van der Waals surface area contributed by atoms with Crippen LogP contribution >= 0.6 is 0 Å². The summed E-state index contributed by atoms with van der Waals surface area (Å²) in [6.45, 7) is 1.26. The summed E-state index contributed by atoms with van der Waals surface area (Å²) in [7, 11) is 1.55. The molecule has 0 saturated carbocycles. The fourth-order valence-electron chi connectivity index (χ4n) is 1.59.